The summed E-state index contributed by atoms with van der Waals surface area (Å²) in [5.41, 5.74) is 3.08. The Kier molecular flexibility index (Phi) is 4.90. The number of aliphatic hydroxyl groups excluding tert-OH is 1. The quantitative estimate of drug-likeness (QED) is 0.838. The Balaban J connectivity index is 1.73. The number of aromatic nitrogens is 1. The average Bonchev–Trinajstić information content (AvgIpc) is 3.12. The summed E-state index contributed by atoms with van der Waals surface area (Å²) in [6, 6.07) is 2.62. The lowest BCUT2D eigenvalue weighted by molar-refractivity contribution is 0.0940. The second kappa shape index (κ2) is 6.91. The summed E-state index contributed by atoms with van der Waals surface area (Å²) in [5, 5.41) is 12.3. The average molecular weight is 316 g/mol. The predicted molar refractivity (Wildman–Crippen MR) is 91.6 cm³/mol. The molecule has 1 aromatic rings. The van der Waals surface area contributed by atoms with Gasteiger partial charge in [-0.2, -0.15) is 0 Å². The van der Waals surface area contributed by atoms with Crippen molar-refractivity contribution < 1.29 is 9.90 Å². The SMILES string of the molecule is Cc1cc(C(=O)N[C@@H]2C=C[C@H](CO)C2)c(C)n1C1CCCCC1. The maximum atomic E-state index is 12.6. The van der Waals surface area contributed by atoms with Gasteiger partial charge < -0.3 is 15.0 Å². The molecule has 0 bridgehead atoms. The van der Waals surface area contributed by atoms with E-state index in [0.717, 1.165) is 17.7 Å². The Morgan fingerprint density at radius 1 is 1.26 bits per heavy atom. The lowest BCUT2D eigenvalue weighted by Crippen LogP contribution is -2.33. The molecule has 1 aromatic heterocycles. The number of nitrogens with zero attached hydrogens (tertiary/aromatic N) is 1. The van der Waals surface area contributed by atoms with Crippen LogP contribution in [-0.4, -0.2) is 28.2 Å². The highest BCUT2D eigenvalue weighted by molar-refractivity contribution is 5.96. The van der Waals surface area contributed by atoms with Crippen LogP contribution in [0.15, 0.2) is 18.2 Å². The van der Waals surface area contributed by atoms with Crippen LogP contribution >= 0.6 is 0 Å². The number of aliphatic hydroxyl groups is 1. The summed E-state index contributed by atoms with van der Waals surface area (Å²) < 4.78 is 2.37. The van der Waals surface area contributed by atoms with E-state index in [-0.39, 0.29) is 24.5 Å². The molecule has 0 aliphatic heterocycles. The molecule has 126 valence electrons. The van der Waals surface area contributed by atoms with Gasteiger partial charge in [0.05, 0.1) is 5.56 Å². The largest absolute Gasteiger partial charge is 0.396 e. The normalized spacial score (nSPS) is 25.0. The van der Waals surface area contributed by atoms with E-state index in [1.807, 2.05) is 18.2 Å². The molecule has 4 heteroatoms. The zero-order valence-electron chi connectivity index (χ0n) is 14.2. The van der Waals surface area contributed by atoms with Crippen LogP contribution in [0.3, 0.4) is 0 Å². The zero-order chi connectivity index (χ0) is 16.4. The van der Waals surface area contributed by atoms with E-state index in [4.69, 9.17) is 0 Å². The van der Waals surface area contributed by atoms with Crippen molar-refractivity contribution >= 4 is 5.91 Å². The van der Waals surface area contributed by atoms with Gasteiger partial charge in [0.2, 0.25) is 0 Å². The Labute approximate surface area is 138 Å². The maximum Gasteiger partial charge on any atom is 0.253 e. The van der Waals surface area contributed by atoms with Crippen LogP contribution in [0.2, 0.25) is 0 Å². The lowest BCUT2D eigenvalue weighted by Gasteiger charge is -2.26. The lowest BCUT2D eigenvalue weighted by atomic mass is 9.95. The van der Waals surface area contributed by atoms with E-state index in [9.17, 15) is 9.90 Å². The first-order valence-electron chi connectivity index (χ1n) is 8.88. The van der Waals surface area contributed by atoms with Gasteiger partial charge in [0.15, 0.2) is 0 Å². The molecule has 23 heavy (non-hydrogen) atoms. The maximum absolute atomic E-state index is 12.6. The van der Waals surface area contributed by atoms with Gasteiger partial charge in [-0.15, -0.1) is 0 Å². The third-order valence-corrected chi connectivity index (χ3v) is 5.39. The van der Waals surface area contributed by atoms with Crippen LogP contribution in [-0.2, 0) is 0 Å². The smallest absolute Gasteiger partial charge is 0.253 e. The topological polar surface area (TPSA) is 54.3 Å². The van der Waals surface area contributed by atoms with E-state index >= 15 is 0 Å². The summed E-state index contributed by atoms with van der Waals surface area (Å²) in [6.45, 7) is 4.33. The Morgan fingerprint density at radius 2 is 2.00 bits per heavy atom. The minimum atomic E-state index is 0.00778. The first kappa shape index (κ1) is 16.3. The number of amides is 1. The number of hydrogen-bond acceptors (Lipinski definition) is 2. The molecule has 1 amide bonds. The second-order valence-corrected chi connectivity index (χ2v) is 7.09. The van der Waals surface area contributed by atoms with E-state index < -0.39 is 0 Å². The molecule has 2 N–H and O–H groups in total. The molecule has 0 unspecified atom stereocenters. The predicted octanol–water partition coefficient (Wildman–Crippen LogP) is 3.28. The van der Waals surface area contributed by atoms with Crippen LogP contribution in [0.4, 0.5) is 0 Å². The van der Waals surface area contributed by atoms with Crippen molar-refractivity contribution in [3.63, 3.8) is 0 Å². The molecule has 2 aliphatic carbocycles. The summed E-state index contributed by atoms with van der Waals surface area (Å²) in [5.74, 6) is 0.184. The molecule has 0 spiro atoms. The Hall–Kier alpha value is -1.55. The molecule has 0 radical (unpaired) electrons. The van der Waals surface area contributed by atoms with Crippen molar-refractivity contribution in [1.82, 2.24) is 9.88 Å². The van der Waals surface area contributed by atoms with Gasteiger partial charge in [0.25, 0.3) is 5.91 Å². The highest BCUT2D eigenvalue weighted by Crippen LogP contribution is 2.32. The van der Waals surface area contributed by atoms with Gasteiger partial charge in [-0.3, -0.25) is 4.79 Å². The van der Waals surface area contributed by atoms with Gasteiger partial charge in [-0.25, -0.2) is 0 Å². The fourth-order valence-corrected chi connectivity index (χ4v) is 4.17. The monoisotopic (exact) mass is 316 g/mol. The van der Waals surface area contributed by atoms with Crippen LogP contribution < -0.4 is 5.32 Å². The van der Waals surface area contributed by atoms with Gasteiger partial charge in [0, 0.05) is 36.0 Å². The third kappa shape index (κ3) is 3.37. The number of rotatable bonds is 4. The van der Waals surface area contributed by atoms with E-state index in [1.165, 1.54) is 37.8 Å². The highest BCUT2D eigenvalue weighted by atomic mass is 16.3. The van der Waals surface area contributed by atoms with Crippen LogP contribution in [0.5, 0.6) is 0 Å². The molecule has 2 atom stereocenters. The summed E-state index contributed by atoms with van der Waals surface area (Å²) >= 11 is 0. The molecule has 1 fully saturated rings. The minimum Gasteiger partial charge on any atom is -0.396 e. The second-order valence-electron chi connectivity index (χ2n) is 7.09. The minimum absolute atomic E-state index is 0.00778. The van der Waals surface area contributed by atoms with Gasteiger partial charge in [-0.05, 0) is 39.2 Å². The first-order valence-corrected chi connectivity index (χ1v) is 8.88. The van der Waals surface area contributed by atoms with E-state index in [0.29, 0.717) is 6.04 Å². The summed E-state index contributed by atoms with van der Waals surface area (Å²) in [6.07, 6.45) is 11.2. The third-order valence-electron chi connectivity index (χ3n) is 5.39. The van der Waals surface area contributed by atoms with Crippen molar-refractivity contribution in [3.8, 4) is 0 Å². The van der Waals surface area contributed by atoms with Crippen molar-refractivity contribution in [1.29, 1.82) is 0 Å². The van der Waals surface area contributed by atoms with E-state index in [1.54, 1.807) is 0 Å². The molecular formula is C19H28N2O2. The number of carbonyl (C=O) groups is 1. The standard InChI is InChI=1S/C19H28N2O2/c1-13-10-18(14(2)21(13)17-6-4-3-5-7-17)19(23)20-16-9-8-15(11-16)12-22/h8-10,15-17,22H,3-7,11-12H2,1-2H3,(H,20,23)/t15-,16+/m0/s1. The van der Waals surface area contributed by atoms with Crippen LogP contribution in [0.1, 0.15) is 66.3 Å². The molecular weight excluding hydrogens is 288 g/mol. The molecule has 1 saturated carbocycles. The molecule has 2 aliphatic rings. The van der Waals surface area contributed by atoms with E-state index in [2.05, 4.69) is 23.7 Å². The molecule has 1 heterocycles. The van der Waals surface area contributed by atoms with Gasteiger partial charge in [-0.1, -0.05) is 31.4 Å². The van der Waals surface area contributed by atoms with Crippen molar-refractivity contribution in [3.05, 3.63) is 35.2 Å². The van der Waals surface area contributed by atoms with Crippen molar-refractivity contribution in [2.24, 2.45) is 5.92 Å². The molecule has 4 nitrogen and oxygen atoms in total. The van der Waals surface area contributed by atoms with Crippen molar-refractivity contribution in [2.75, 3.05) is 6.61 Å². The molecule has 0 aromatic carbocycles. The summed E-state index contributed by atoms with van der Waals surface area (Å²) in [7, 11) is 0. The number of carbonyl (C=O) groups excluding carboxylic acids is 1. The number of hydrogen-bond donors (Lipinski definition) is 2. The first-order chi connectivity index (χ1) is 11.1. The van der Waals surface area contributed by atoms with Gasteiger partial charge >= 0.3 is 0 Å². The highest BCUT2D eigenvalue weighted by Gasteiger charge is 2.25. The fourth-order valence-electron chi connectivity index (χ4n) is 4.17. The van der Waals surface area contributed by atoms with Crippen molar-refractivity contribution in [2.45, 2.75) is 64.5 Å². The van der Waals surface area contributed by atoms with Gasteiger partial charge in [0.1, 0.15) is 0 Å². The Bertz CT molecular complexity index is 597. The molecule has 0 saturated heterocycles. The fraction of sp³-hybridized carbons (Fsp3) is 0.632. The zero-order valence-corrected chi connectivity index (χ0v) is 14.2. The van der Waals surface area contributed by atoms with Crippen LogP contribution in [0, 0.1) is 19.8 Å². The molecule has 3 rings (SSSR count). The number of aryl methyl sites for hydroxylation is 1. The number of nitrogens with one attached hydrogen (secondary N) is 1. The van der Waals surface area contributed by atoms with Crippen LogP contribution in [0.25, 0.3) is 0 Å². The Morgan fingerprint density at radius 3 is 2.65 bits per heavy atom. The summed E-state index contributed by atoms with van der Waals surface area (Å²) in [4.78, 5) is 12.6.